The third-order valence-corrected chi connectivity index (χ3v) is 4.67. The Balaban J connectivity index is 1.51. The Bertz CT molecular complexity index is 930. The third kappa shape index (κ3) is 6.06. The maximum atomic E-state index is 14.0. The molecule has 0 bridgehead atoms. The van der Waals surface area contributed by atoms with Gasteiger partial charge in [-0.25, -0.2) is 4.39 Å². The molecule has 1 amide bonds. The van der Waals surface area contributed by atoms with Crippen molar-refractivity contribution in [3.8, 4) is 5.75 Å². The largest absolute Gasteiger partial charge is 0.477 e. The lowest BCUT2D eigenvalue weighted by atomic mass is 10.1. The summed E-state index contributed by atoms with van der Waals surface area (Å²) < 4.78 is 24.8. The number of carbonyl (C=O) groups excluding carboxylic acids is 1. The van der Waals surface area contributed by atoms with Gasteiger partial charge in [-0.2, -0.15) is 0 Å². The molecule has 0 saturated carbocycles. The van der Waals surface area contributed by atoms with Crippen LogP contribution in [0.5, 0.6) is 5.75 Å². The number of hydrogen-bond acceptors (Lipinski definition) is 6. The monoisotopic (exact) mass is 417 g/mol. The van der Waals surface area contributed by atoms with Crippen molar-refractivity contribution >= 4 is 11.6 Å². The molecular formula is C22H28FN3O4. The number of anilines is 1. The van der Waals surface area contributed by atoms with E-state index in [1.54, 1.807) is 12.1 Å². The van der Waals surface area contributed by atoms with Gasteiger partial charge in [-0.15, -0.1) is 0 Å². The normalized spacial score (nSPS) is 15.1. The van der Waals surface area contributed by atoms with E-state index in [1.807, 2.05) is 31.7 Å². The predicted octanol–water partition coefficient (Wildman–Crippen LogP) is 2.39. The van der Waals surface area contributed by atoms with Crippen LogP contribution >= 0.6 is 0 Å². The first-order chi connectivity index (χ1) is 14.2. The fourth-order valence-corrected chi connectivity index (χ4v) is 3.30. The van der Waals surface area contributed by atoms with Crippen LogP contribution in [0.1, 0.15) is 26.5 Å². The van der Waals surface area contributed by atoms with Gasteiger partial charge < -0.3 is 19.4 Å². The van der Waals surface area contributed by atoms with Crippen LogP contribution in [0.25, 0.3) is 0 Å². The zero-order chi connectivity index (χ0) is 21.7. The Morgan fingerprint density at radius 3 is 2.53 bits per heavy atom. The summed E-state index contributed by atoms with van der Waals surface area (Å²) >= 11 is 0. The third-order valence-electron chi connectivity index (χ3n) is 4.67. The number of amides is 1. The number of ether oxygens (including phenoxy) is 1. The molecule has 0 atom stereocenters. The zero-order valence-electron chi connectivity index (χ0n) is 17.6. The molecular weight excluding hydrogens is 389 g/mol. The molecule has 0 unspecified atom stereocenters. The second kappa shape index (κ2) is 9.30. The van der Waals surface area contributed by atoms with E-state index in [2.05, 4.69) is 10.2 Å². The average Bonchev–Trinajstić information content (AvgIpc) is 2.67. The van der Waals surface area contributed by atoms with Gasteiger partial charge in [-0.3, -0.25) is 14.5 Å². The molecule has 2 heterocycles. The predicted molar refractivity (Wildman–Crippen MR) is 112 cm³/mol. The summed E-state index contributed by atoms with van der Waals surface area (Å²) in [5.41, 5.74) is -0.0869. The zero-order valence-corrected chi connectivity index (χ0v) is 17.6. The van der Waals surface area contributed by atoms with Crippen LogP contribution < -0.4 is 20.4 Å². The van der Waals surface area contributed by atoms with Crippen LogP contribution in [0.3, 0.4) is 0 Å². The van der Waals surface area contributed by atoms with Gasteiger partial charge in [-0.05, 0) is 32.9 Å². The van der Waals surface area contributed by atoms with Crippen molar-refractivity contribution in [2.24, 2.45) is 0 Å². The van der Waals surface area contributed by atoms with Crippen LogP contribution in [0, 0.1) is 5.82 Å². The molecule has 7 nitrogen and oxygen atoms in total. The Morgan fingerprint density at radius 1 is 1.20 bits per heavy atom. The van der Waals surface area contributed by atoms with Crippen molar-refractivity contribution in [2.75, 3.05) is 37.7 Å². The number of rotatable bonds is 6. The Labute approximate surface area is 175 Å². The maximum absolute atomic E-state index is 14.0. The van der Waals surface area contributed by atoms with Crippen molar-refractivity contribution in [2.45, 2.75) is 32.9 Å². The van der Waals surface area contributed by atoms with Gasteiger partial charge in [0.25, 0.3) is 5.91 Å². The van der Waals surface area contributed by atoms with E-state index in [9.17, 15) is 14.0 Å². The fourth-order valence-electron chi connectivity index (χ4n) is 3.30. The topological polar surface area (TPSA) is 75.0 Å². The Kier molecular flexibility index (Phi) is 6.77. The molecule has 1 aliphatic rings. The molecule has 0 spiro atoms. The Morgan fingerprint density at radius 2 is 1.90 bits per heavy atom. The minimum atomic E-state index is -0.370. The van der Waals surface area contributed by atoms with E-state index < -0.39 is 0 Å². The molecule has 2 aromatic rings. The minimum absolute atomic E-state index is 0.00665. The van der Waals surface area contributed by atoms with Crippen LogP contribution in [-0.4, -0.2) is 49.1 Å². The first kappa shape index (κ1) is 21.8. The summed E-state index contributed by atoms with van der Waals surface area (Å²) in [6.07, 6.45) is 1.25. The van der Waals surface area contributed by atoms with Gasteiger partial charge in [0.15, 0.2) is 6.61 Å². The summed E-state index contributed by atoms with van der Waals surface area (Å²) in [7, 11) is 0. The smallest absolute Gasteiger partial charge is 0.258 e. The summed E-state index contributed by atoms with van der Waals surface area (Å²) in [6.45, 7) is 8.65. The first-order valence-corrected chi connectivity index (χ1v) is 9.99. The van der Waals surface area contributed by atoms with E-state index in [0.717, 1.165) is 13.1 Å². The van der Waals surface area contributed by atoms with E-state index in [0.29, 0.717) is 31.1 Å². The lowest BCUT2D eigenvalue weighted by molar-refractivity contribution is -0.124. The van der Waals surface area contributed by atoms with E-state index in [4.69, 9.17) is 9.15 Å². The fraction of sp³-hybridized carbons (Fsp3) is 0.455. The highest BCUT2D eigenvalue weighted by molar-refractivity contribution is 5.78. The molecule has 1 aromatic carbocycles. The molecule has 3 rings (SSSR count). The number of para-hydroxylation sites is 1. The van der Waals surface area contributed by atoms with Crippen LogP contribution in [0.2, 0.25) is 0 Å². The van der Waals surface area contributed by atoms with Crippen LogP contribution in [0.15, 0.2) is 45.8 Å². The maximum Gasteiger partial charge on any atom is 0.258 e. The number of nitrogens with zero attached hydrogens (tertiary/aromatic N) is 2. The highest BCUT2D eigenvalue weighted by atomic mass is 19.1. The van der Waals surface area contributed by atoms with Crippen molar-refractivity contribution in [3.63, 3.8) is 0 Å². The lowest BCUT2D eigenvalue weighted by Gasteiger charge is -2.35. The van der Waals surface area contributed by atoms with Gasteiger partial charge in [0.2, 0.25) is 11.2 Å². The van der Waals surface area contributed by atoms with E-state index in [1.165, 1.54) is 18.4 Å². The lowest BCUT2D eigenvalue weighted by Crippen LogP contribution is -2.46. The molecule has 8 heteroatoms. The molecule has 0 aliphatic carbocycles. The van der Waals surface area contributed by atoms with E-state index >= 15 is 0 Å². The molecule has 1 fully saturated rings. The highest BCUT2D eigenvalue weighted by Crippen LogP contribution is 2.20. The summed E-state index contributed by atoms with van der Waals surface area (Å²) in [5.74, 6) is 0.000401. The Hall–Kier alpha value is -2.87. The standard InChI is InChI=1S/C22H28FN3O4/c1-22(2,3)24-21(28)15-30-20-14-29-16(12-19(20)27)13-25-8-10-26(11-9-25)18-7-5-4-6-17(18)23/h4-7,12,14H,8-11,13,15H2,1-3H3,(H,24,28). The molecule has 1 aromatic heterocycles. The second-order valence-corrected chi connectivity index (χ2v) is 8.38. The van der Waals surface area contributed by atoms with Gasteiger partial charge >= 0.3 is 0 Å². The average molecular weight is 417 g/mol. The molecule has 0 radical (unpaired) electrons. The van der Waals surface area contributed by atoms with Crippen molar-refractivity contribution in [1.29, 1.82) is 0 Å². The molecule has 1 saturated heterocycles. The summed E-state index contributed by atoms with van der Waals surface area (Å²) in [6, 6.07) is 8.15. The van der Waals surface area contributed by atoms with Crippen LogP contribution in [-0.2, 0) is 11.3 Å². The van der Waals surface area contributed by atoms with Crippen molar-refractivity contribution in [3.05, 3.63) is 58.4 Å². The van der Waals surface area contributed by atoms with Crippen molar-refractivity contribution < 1.29 is 18.3 Å². The second-order valence-electron chi connectivity index (χ2n) is 8.38. The number of halogens is 1. The van der Waals surface area contributed by atoms with Gasteiger partial charge in [0.05, 0.1) is 12.2 Å². The van der Waals surface area contributed by atoms with Crippen molar-refractivity contribution in [1.82, 2.24) is 10.2 Å². The van der Waals surface area contributed by atoms with Crippen LogP contribution in [0.4, 0.5) is 10.1 Å². The number of benzene rings is 1. The minimum Gasteiger partial charge on any atom is -0.477 e. The SMILES string of the molecule is CC(C)(C)NC(=O)COc1coc(CN2CCN(c3ccccc3F)CC2)cc1=O. The number of hydrogen-bond donors (Lipinski definition) is 1. The molecule has 162 valence electrons. The quantitative estimate of drug-likeness (QED) is 0.778. The first-order valence-electron chi connectivity index (χ1n) is 9.99. The molecule has 1 aliphatic heterocycles. The number of carbonyl (C=O) groups is 1. The number of piperazine rings is 1. The summed E-state index contributed by atoms with van der Waals surface area (Å²) in [5, 5.41) is 2.76. The van der Waals surface area contributed by atoms with Gasteiger partial charge in [-0.1, -0.05) is 12.1 Å². The van der Waals surface area contributed by atoms with Gasteiger partial charge in [0, 0.05) is 37.8 Å². The molecule has 1 N–H and O–H groups in total. The highest BCUT2D eigenvalue weighted by Gasteiger charge is 2.20. The molecule has 30 heavy (non-hydrogen) atoms. The van der Waals surface area contributed by atoms with Gasteiger partial charge in [0.1, 0.15) is 17.8 Å². The van der Waals surface area contributed by atoms with E-state index in [-0.39, 0.29) is 35.0 Å². The number of nitrogens with one attached hydrogen (secondary N) is 1. The summed E-state index contributed by atoms with van der Waals surface area (Å²) in [4.78, 5) is 28.3.